The van der Waals surface area contributed by atoms with E-state index in [2.05, 4.69) is 20.8 Å². The Kier molecular flexibility index (Phi) is 6.55. The zero-order valence-electron chi connectivity index (χ0n) is 17.4. The highest BCUT2D eigenvalue weighted by atomic mass is 31.2. The molecule has 0 saturated carbocycles. The van der Waals surface area contributed by atoms with Gasteiger partial charge in [-0.1, -0.05) is 32.9 Å². The molecule has 0 radical (unpaired) electrons. The Morgan fingerprint density at radius 2 is 1.63 bits per heavy atom. The second-order valence-corrected chi connectivity index (χ2v) is 12.8. The van der Waals surface area contributed by atoms with Crippen LogP contribution in [0.1, 0.15) is 65.9 Å². The molecule has 0 spiro atoms. The van der Waals surface area contributed by atoms with Crippen LogP contribution in [0.3, 0.4) is 0 Å². The van der Waals surface area contributed by atoms with Crippen molar-refractivity contribution in [3.63, 3.8) is 0 Å². The van der Waals surface area contributed by atoms with Crippen molar-refractivity contribution >= 4 is 13.2 Å². The second kappa shape index (κ2) is 8.02. The lowest BCUT2D eigenvalue weighted by molar-refractivity contribution is -0.384. The van der Waals surface area contributed by atoms with Crippen LogP contribution in [0.4, 0.5) is 5.69 Å². The highest BCUT2D eigenvalue weighted by Gasteiger charge is 2.45. The molecule has 6 nitrogen and oxygen atoms in total. The molecule has 7 heteroatoms. The summed E-state index contributed by atoms with van der Waals surface area (Å²) in [6.45, 7) is 14.1. The smallest absolute Gasteiger partial charge is 0.277 e. The molecule has 1 aromatic carbocycles. The number of nitrogens with zero attached hydrogens (tertiary/aromatic N) is 2. The Hall–Kier alpha value is -1.23. The van der Waals surface area contributed by atoms with Gasteiger partial charge in [-0.15, -0.1) is 0 Å². The summed E-state index contributed by atoms with van der Waals surface area (Å²) in [4.78, 5) is 10.4. The number of nitro groups is 1. The predicted molar refractivity (Wildman–Crippen MR) is 109 cm³/mol. The van der Waals surface area contributed by atoms with E-state index in [1.807, 2.05) is 37.6 Å². The van der Waals surface area contributed by atoms with Crippen molar-refractivity contribution in [3.05, 3.63) is 39.9 Å². The van der Waals surface area contributed by atoms with Crippen LogP contribution in [0.2, 0.25) is 0 Å². The van der Waals surface area contributed by atoms with Gasteiger partial charge in [0.2, 0.25) is 0 Å². The summed E-state index contributed by atoms with van der Waals surface area (Å²) in [7, 11) is -2.97. The number of hydrogen-bond acceptors (Lipinski definition) is 4. The number of piperidine rings is 1. The number of benzene rings is 1. The van der Waals surface area contributed by atoms with E-state index < -0.39 is 12.7 Å². The number of non-ortho nitro benzene ring substituents is 1. The Labute approximate surface area is 162 Å². The maximum absolute atomic E-state index is 13.8. The van der Waals surface area contributed by atoms with Crippen LogP contribution in [0.25, 0.3) is 0 Å². The standard InChI is InChI=1S/C20H33N2O4P/c1-19(2,3)15-26-27(25,20(4,5)6)21-13-11-17(12-14-21)16-7-9-18(10-8-16)22(23)24/h7-10,17H,11-15H2,1-6H3. The largest absolute Gasteiger partial charge is 0.316 e. The average Bonchev–Trinajstić information content (AvgIpc) is 2.58. The first kappa shape index (κ1) is 22.1. The Morgan fingerprint density at radius 3 is 2.04 bits per heavy atom. The molecule has 0 aromatic heterocycles. The van der Waals surface area contributed by atoms with E-state index in [1.54, 1.807) is 12.1 Å². The molecule has 1 aromatic rings. The van der Waals surface area contributed by atoms with Crippen molar-refractivity contribution < 1.29 is 14.0 Å². The zero-order valence-corrected chi connectivity index (χ0v) is 18.3. The molecule has 1 saturated heterocycles. The zero-order chi connectivity index (χ0) is 20.5. The summed E-state index contributed by atoms with van der Waals surface area (Å²) >= 11 is 0. The third-order valence-electron chi connectivity index (χ3n) is 4.94. The van der Waals surface area contributed by atoms with E-state index in [-0.39, 0.29) is 16.0 Å². The molecule has 1 heterocycles. The number of nitro benzene ring substituents is 1. The highest BCUT2D eigenvalue weighted by Crippen LogP contribution is 2.63. The van der Waals surface area contributed by atoms with Crippen LogP contribution in [0.5, 0.6) is 0 Å². The quantitative estimate of drug-likeness (QED) is 0.356. The Balaban J connectivity index is 2.08. The van der Waals surface area contributed by atoms with E-state index in [4.69, 9.17) is 4.52 Å². The van der Waals surface area contributed by atoms with Gasteiger partial charge in [0.25, 0.3) is 13.2 Å². The van der Waals surface area contributed by atoms with Gasteiger partial charge in [-0.3, -0.25) is 14.7 Å². The van der Waals surface area contributed by atoms with Gasteiger partial charge in [0.15, 0.2) is 0 Å². The normalized spacial score (nSPS) is 19.6. The summed E-state index contributed by atoms with van der Waals surface area (Å²) in [5, 5.41) is 10.4. The summed E-state index contributed by atoms with van der Waals surface area (Å²) in [5.74, 6) is 0.332. The lowest BCUT2D eigenvalue weighted by Gasteiger charge is -2.43. The fourth-order valence-electron chi connectivity index (χ4n) is 3.31. The average molecular weight is 396 g/mol. The van der Waals surface area contributed by atoms with Crippen molar-refractivity contribution in [2.45, 2.75) is 65.5 Å². The minimum absolute atomic E-state index is 0.0437. The van der Waals surface area contributed by atoms with Crippen molar-refractivity contribution in [1.82, 2.24) is 4.67 Å². The van der Waals surface area contributed by atoms with E-state index in [0.29, 0.717) is 25.6 Å². The van der Waals surface area contributed by atoms with Gasteiger partial charge >= 0.3 is 0 Å². The maximum atomic E-state index is 13.8. The van der Waals surface area contributed by atoms with Gasteiger partial charge in [-0.05, 0) is 50.5 Å². The third-order valence-corrected chi connectivity index (χ3v) is 8.26. The topological polar surface area (TPSA) is 72.7 Å². The van der Waals surface area contributed by atoms with Crippen LogP contribution in [-0.4, -0.2) is 34.4 Å². The summed E-state index contributed by atoms with van der Waals surface area (Å²) < 4.78 is 22.0. The Bertz CT molecular complexity index is 696. The molecule has 0 bridgehead atoms. The van der Waals surface area contributed by atoms with Crippen molar-refractivity contribution in [3.8, 4) is 0 Å². The molecule has 2 rings (SSSR count). The SMILES string of the molecule is CC(C)(C)COP(=O)(N1CCC(c2ccc([N+](=O)[O-])cc2)CC1)C(C)(C)C. The molecule has 1 aliphatic heterocycles. The molecule has 1 fully saturated rings. The predicted octanol–water partition coefficient (Wildman–Crippen LogP) is 5.83. The fourth-order valence-corrected chi connectivity index (χ4v) is 6.03. The van der Waals surface area contributed by atoms with Gasteiger partial charge in [0, 0.05) is 25.2 Å². The minimum atomic E-state index is -2.97. The first-order chi connectivity index (χ1) is 12.3. The maximum Gasteiger partial charge on any atom is 0.277 e. The second-order valence-electron chi connectivity index (χ2n) is 9.60. The van der Waals surface area contributed by atoms with E-state index >= 15 is 0 Å². The molecule has 0 aliphatic carbocycles. The molecular weight excluding hydrogens is 363 g/mol. The van der Waals surface area contributed by atoms with Crippen LogP contribution in [0.15, 0.2) is 24.3 Å². The first-order valence-corrected chi connectivity index (χ1v) is 11.2. The molecule has 0 N–H and O–H groups in total. The highest BCUT2D eigenvalue weighted by molar-refractivity contribution is 7.58. The number of hydrogen-bond donors (Lipinski definition) is 0. The van der Waals surface area contributed by atoms with Gasteiger partial charge in [0.05, 0.1) is 16.7 Å². The summed E-state index contributed by atoms with van der Waals surface area (Å²) in [6.07, 6.45) is 1.74. The monoisotopic (exact) mass is 396 g/mol. The molecule has 1 unspecified atom stereocenters. The lowest BCUT2D eigenvalue weighted by atomic mass is 9.90. The van der Waals surface area contributed by atoms with Gasteiger partial charge < -0.3 is 4.52 Å². The molecule has 1 atom stereocenters. The van der Waals surface area contributed by atoms with Crippen LogP contribution in [-0.2, 0) is 9.09 Å². The molecule has 0 amide bonds. The minimum Gasteiger partial charge on any atom is -0.316 e. The number of rotatable bonds is 5. The van der Waals surface area contributed by atoms with Gasteiger partial charge in [0.1, 0.15) is 0 Å². The summed E-state index contributed by atoms with van der Waals surface area (Å²) in [5.41, 5.74) is 1.18. The van der Waals surface area contributed by atoms with Crippen molar-refractivity contribution in [2.75, 3.05) is 19.7 Å². The lowest BCUT2D eigenvalue weighted by Crippen LogP contribution is -2.38. The summed E-state index contributed by atoms with van der Waals surface area (Å²) in [6, 6.07) is 6.82. The van der Waals surface area contributed by atoms with Crippen molar-refractivity contribution in [2.24, 2.45) is 5.41 Å². The van der Waals surface area contributed by atoms with Crippen molar-refractivity contribution in [1.29, 1.82) is 0 Å². The van der Waals surface area contributed by atoms with Crippen LogP contribution in [0, 0.1) is 15.5 Å². The Morgan fingerprint density at radius 1 is 1.11 bits per heavy atom. The molecule has 1 aliphatic rings. The van der Waals surface area contributed by atoms with Gasteiger partial charge in [-0.2, -0.15) is 0 Å². The van der Waals surface area contributed by atoms with Crippen LogP contribution >= 0.6 is 7.52 Å². The molecule has 152 valence electrons. The first-order valence-electron chi connectivity index (χ1n) is 9.58. The fraction of sp³-hybridized carbons (Fsp3) is 0.700. The van der Waals surface area contributed by atoms with Gasteiger partial charge in [-0.25, -0.2) is 4.67 Å². The molecular formula is C20H33N2O4P. The van der Waals surface area contributed by atoms with E-state index in [9.17, 15) is 14.7 Å². The van der Waals surface area contributed by atoms with E-state index in [1.165, 1.54) is 0 Å². The third kappa shape index (κ3) is 5.40. The molecule has 27 heavy (non-hydrogen) atoms. The van der Waals surface area contributed by atoms with E-state index in [0.717, 1.165) is 18.4 Å². The van der Waals surface area contributed by atoms with Crippen LogP contribution < -0.4 is 0 Å².